The van der Waals surface area contributed by atoms with Gasteiger partial charge in [-0.3, -0.25) is 9.59 Å². The monoisotopic (exact) mass is 548 g/mol. The molecule has 0 aliphatic carbocycles. The summed E-state index contributed by atoms with van der Waals surface area (Å²) < 4.78 is 6.17. The largest absolute Gasteiger partial charge is 0.475 e. The molecule has 1 amide bonds. The molecule has 1 saturated heterocycles. The molecular weight excluding hydrogens is 520 g/mol. The van der Waals surface area contributed by atoms with E-state index in [1.807, 2.05) is 23.1 Å². The van der Waals surface area contributed by atoms with Crippen molar-refractivity contribution in [3.8, 4) is 11.9 Å². The first kappa shape index (κ1) is 26.0. The molecule has 2 aliphatic rings. The normalized spacial score (nSPS) is 16.3. The number of nitrogens with one attached hydrogen (secondary N) is 1. The first-order chi connectivity index (χ1) is 20.0. The third kappa shape index (κ3) is 5.19. The summed E-state index contributed by atoms with van der Waals surface area (Å²) in [6.07, 6.45) is 4.82. The number of pyridine rings is 2. The Labute approximate surface area is 236 Å². The van der Waals surface area contributed by atoms with Gasteiger partial charge in [0.25, 0.3) is 11.5 Å². The predicted molar refractivity (Wildman–Crippen MR) is 152 cm³/mol. The summed E-state index contributed by atoms with van der Waals surface area (Å²) in [7, 11) is 0. The van der Waals surface area contributed by atoms with Crippen LogP contribution in [0.1, 0.15) is 38.7 Å². The number of aromatic nitrogens is 4. The summed E-state index contributed by atoms with van der Waals surface area (Å²) in [5.74, 6) is 1.08. The van der Waals surface area contributed by atoms with Gasteiger partial charge in [0.2, 0.25) is 5.88 Å². The van der Waals surface area contributed by atoms with Gasteiger partial charge >= 0.3 is 0 Å². The molecule has 206 valence electrons. The number of H-pyrrole nitrogens is 1. The molecule has 11 nitrogen and oxygen atoms in total. The highest BCUT2D eigenvalue weighted by Crippen LogP contribution is 2.38. The van der Waals surface area contributed by atoms with Gasteiger partial charge in [-0.25, -0.2) is 15.1 Å². The van der Waals surface area contributed by atoms with E-state index in [4.69, 9.17) is 10.00 Å². The Hall–Kier alpha value is -5.24. The molecule has 1 atom stereocenters. The van der Waals surface area contributed by atoms with E-state index in [2.05, 4.69) is 48.2 Å². The number of anilines is 2. The topological polar surface area (TPSA) is 131 Å². The Morgan fingerprint density at radius 3 is 2.71 bits per heavy atom. The molecule has 5 heterocycles. The zero-order valence-corrected chi connectivity index (χ0v) is 22.5. The SMILES string of the molecule is Cc1c(N2Cc3ccccc3[C@@H]2COc2cc(C(=O)N3CCN(c4ccc(C#N)cn4)CC3)ccn2)cn[nH]c1=O. The quantitative estimate of drug-likeness (QED) is 0.386. The molecule has 41 heavy (non-hydrogen) atoms. The summed E-state index contributed by atoms with van der Waals surface area (Å²) in [6, 6.07) is 17.0. The predicted octanol–water partition coefficient (Wildman–Crippen LogP) is 2.84. The highest BCUT2D eigenvalue weighted by molar-refractivity contribution is 5.94. The second kappa shape index (κ2) is 11.1. The Balaban J connectivity index is 1.13. The van der Waals surface area contributed by atoms with Crippen LogP contribution in [0.3, 0.4) is 0 Å². The lowest BCUT2D eigenvalue weighted by atomic mass is 10.1. The van der Waals surface area contributed by atoms with Gasteiger partial charge in [-0.2, -0.15) is 10.4 Å². The van der Waals surface area contributed by atoms with Crippen LogP contribution in [0.5, 0.6) is 5.88 Å². The minimum atomic E-state index is -0.222. The van der Waals surface area contributed by atoms with Crippen molar-refractivity contribution in [3.05, 3.63) is 105 Å². The van der Waals surface area contributed by atoms with Gasteiger partial charge in [0.1, 0.15) is 18.5 Å². The number of nitriles is 1. The van der Waals surface area contributed by atoms with Crippen molar-refractivity contribution < 1.29 is 9.53 Å². The van der Waals surface area contributed by atoms with Crippen molar-refractivity contribution in [2.75, 3.05) is 42.6 Å². The van der Waals surface area contributed by atoms with E-state index in [0.29, 0.717) is 55.3 Å². The van der Waals surface area contributed by atoms with Crippen LogP contribution in [0.15, 0.2) is 71.9 Å². The van der Waals surface area contributed by atoms with Gasteiger partial charge in [0.05, 0.1) is 23.5 Å². The van der Waals surface area contributed by atoms with Crippen molar-refractivity contribution >= 4 is 17.4 Å². The van der Waals surface area contributed by atoms with Crippen molar-refractivity contribution in [2.45, 2.75) is 19.5 Å². The Kier molecular flexibility index (Phi) is 7.04. The molecule has 2 aliphatic heterocycles. The van der Waals surface area contributed by atoms with Gasteiger partial charge in [-0.05, 0) is 36.2 Å². The maximum absolute atomic E-state index is 13.3. The molecule has 3 aromatic heterocycles. The molecule has 0 bridgehead atoms. The van der Waals surface area contributed by atoms with Gasteiger partial charge in [-0.1, -0.05) is 24.3 Å². The zero-order chi connectivity index (χ0) is 28.3. The van der Waals surface area contributed by atoms with Crippen LogP contribution >= 0.6 is 0 Å². The van der Waals surface area contributed by atoms with E-state index in [1.54, 1.807) is 43.7 Å². The van der Waals surface area contributed by atoms with E-state index < -0.39 is 0 Å². The lowest BCUT2D eigenvalue weighted by Crippen LogP contribution is -2.49. The molecule has 0 saturated carbocycles. The fourth-order valence-corrected chi connectivity index (χ4v) is 5.38. The third-order valence-electron chi connectivity index (χ3n) is 7.66. The molecule has 0 radical (unpaired) electrons. The fourth-order valence-electron chi connectivity index (χ4n) is 5.38. The maximum Gasteiger partial charge on any atom is 0.269 e. The molecular formula is C30H28N8O3. The molecule has 1 fully saturated rings. The zero-order valence-electron chi connectivity index (χ0n) is 22.5. The number of piperazine rings is 1. The number of amides is 1. The number of carbonyl (C=O) groups is 1. The van der Waals surface area contributed by atoms with Gasteiger partial charge < -0.3 is 19.4 Å². The van der Waals surface area contributed by atoms with Gasteiger partial charge in [-0.15, -0.1) is 0 Å². The van der Waals surface area contributed by atoms with Crippen molar-refractivity contribution in [2.24, 2.45) is 0 Å². The van der Waals surface area contributed by atoms with E-state index in [9.17, 15) is 9.59 Å². The Morgan fingerprint density at radius 1 is 1.10 bits per heavy atom. The van der Waals surface area contributed by atoms with Crippen LogP contribution in [0.4, 0.5) is 11.5 Å². The second-order valence-corrected chi connectivity index (χ2v) is 10.0. The smallest absolute Gasteiger partial charge is 0.269 e. The maximum atomic E-state index is 13.3. The molecule has 0 unspecified atom stereocenters. The van der Waals surface area contributed by atoms with Crippen molar-refractivity contribution in [3.63, 3.8) is 0 Å². The van der Waals surface area contributed by atoms with Crippen molar-refractivity contribution in [1.82, 2.24) is 25.1 Å². The van der Waals surface area contributed by atoms with Crippen molar-refractivity contribution in [1.29, 1.82) is 5.26 Å². The molecule has 4 aromatic rings. The number of hydrogen-bond donors (Lipinski definition) is 1. The number of benzene rings is 1. The third-order valence-corrected chi connectivity index (χ3v) is 7.66. The molecule has 0 spiro atoms. The lowest BCUT2D eigenvalue weighted by molar-refractivity contribution is 0.0745. The van der Waals surface area contributed by atoms with Crippen LogP contribution in [0.2, 0.25) is 0 Å². The first-order valence-electron chi connectivity index (χ1n) is 13.4. The highest BCUT2D eigenvalue weighted by Gasteiger charge is 2.32. The number of aromatic amines is 1. The van der Waals surface area contributed by atoms with Crippen LogP contribution in [0, 0.1) is 18.3 Å². The minimum absolute atomic E-state index is 0.0808. The van der Waals surface area contributed by atoms with E-state index in [0.717, 1.165) is 22.6 Å². The number of rotatable bonds is 6. The first-order valence-corrected chi connectivity index (χ1v) is 13.4. The number of ether oxygens (including phenoxy) is 1. The van der Waals surface area contributed by atoms with Crippen LogP contribution in [-0.4, -0.2) is 63.8 Å². The van der Waals surface area contributed by atoms with Crippen LogP contribution in [-0.2, 0) is 6.54 Å². The molecule has 1 N–H and O–H groups in total. The number of nitrogens with zero attached hydrogens (tertiary/aromatic N) is 7. The second-order valence-electron chi connectivity index (χ2n) is 10.0. The molecule has 6 rings (SSSR count). The van der Waals surface area contributed by atoms with E-state index >= 15 is 0 Å². The van der Waals surface area contributed by atoms with E-state index in [-0.39, 0.29) is 24.1 Å². The summed E-state index contributed by atoms with van der Waals surface area (Å²) in [5.41, 5.74) is 4.44. The average molecular weight is 549 g/mol. The van der Waals surface area contributed by atoms with Crippen LogP contribution < -0.4 is 20.1 Å². The Bertz CT molecular complexity index is 1670. The standard InChI is InChI=1S/C30H28N8O3/c1-20-25(17-34-35-29(20)39)38-18-23-4-2-3-5-24(23)26(38)19-41-28-14-22(8-9-32-28)30(40)37-12-10-36(11-13-37)27-7-6-21(15-31)16-33-27/h2-9,14,16-17,26H,10-13,18-19H2,1H3,(H,35,39)/t26-/m0/s1. The Morgan fingerprint density at radius 2 is 1.93 bits per heavy atom. The average Bonchev–Trinajstić information content (AvgIpc) is 3.39. The fraction of sp³-hybridized carbons (Fsp3) is 0.267. The lowest BCUT2D eigenvalue weighted by Gasteiger charge is -2.35. The summed E-state index contributed by atoms with van der Waals surface area (Å²) >= 11 is 0. The molecule has 1 aromatic carbocycles. The van der Waals surface area contributed by atoms with Gasteiger partial charge in [0, 0.05) is 62.3 Å². The van der Waals surface area contributed by atoms with Gasteiger partial charge in [0.15, 0.2) is 0 Å². The minimum Gasteiger partial charge on any atom is -0.475 e. The number of hydrogen-bond acceptors (Lipinski definition) is 9. The number of fused-ring (bicyclic) bond motifs is 1. The number of carbonyl (C=O) groups excluding carboxylic acids is 1. The summed E-state index contributed by atoms with van der Waals surface area (Å²) in [6.45, 7) is 5.09. The molecule has 11 heteroatoms. The summed E-state index contributed by atoms with van der Waals surface area (Å²) in [5, 5.41) is 15.5. The summed E-state index contributed by atoms with van der Waals surface area (Å²) in [4.78, 5) is 40.4. The van der Waals surface area contributed by atoms with E-state index in [1.165, 1.54) is 0 Å². The highest BCUT2D eigenvalue weighted by atomic mass is 16.5. The van der Waals surface area contributed by atoms with Crippen LogP contribution in [0.25, 0.3) is 0 Å².